The normalized spacial score (nSPS) is 19.2. The zero-order chi connectivity index (χ0) is 13.1. The number of hydrogen-bond acceptors (Lipinski definition) is 3. The third-order valence-corrected chi connectivity index (χ3v) is 3.59. The fraction of sp³-hybridized carbons (Fsp3) is 0.462. The quantitative estimate of drug-likeness (QED) is 0.880. The largest absolute Gasteiger partial charge is 0.478 e. The fourth-order valence-corrected chi connectivity index (χ4v) is 2.60. The second-order valence-electron chi connectivity index (χ2n) is 4.58. The minimum Gasteiger partial charge on any atom is -0.478 e. The molecule has 1 atom stereocenters. The first-order valence-corrected chi connectivity index (χ1v) is 6.38. The molecule has 0 bridgehead atoms. The van der Waals surface area contributed by atoms with Crippen molar-refractivity contribution >= 4 is 23.3 Å². The van der Waals surface area contributed by atoms with Gasteiger partial charge in [-0.15, -0.1) is 0 Å². The van der Waals surface area contributed by atoms with E-state index < -0.39 is 5.97 Å². The van der Waals surface area contributed by atoms with Crippen LogP contribution < -0.4 is 4.90 Å². The standard InChI is InChI=1S/C13H16ClNO3/c14-10-1-2-12(11(7-10)13(17)18)15-5-3-9(8-15)4-6-16/h1-2,7,9,16H,3-6,8H2,(H,17,18). The van der Waals surface area contributed by atoms with Crippen molar-refractivity contribution in [2.75, 3.05) is 24.6 Å². The smallest absolute Gasteiger partial charge is 0.337 e. The average Bonchev–Trinajstić information content (AvgIpc) is 2.78. The molecular formula is C13H16ClNO3. The predicted molar refractivity (Wildman–Crippen MR) is 70.4 cm³/mol. The number of halogens is 1. The van der Waals surface area contributed by atoms with Crippen LogP contribution in [0.15, 0.2) is 18.2 Å². The predicted octanol–water partition coefficient (Wildman–Crippen LogP) is 2.25. The molecule has 1 unspecified atom stereocenters. The van der Waals surface area contributed by atoms with E-state index in [-0.39, 0.29) is 12.2 Å². The molecule has 1 aliphatic rings. The zero-order valence-electron chi connectivity index (χ0n) is 9.97. The van der Waals surface area contributed by atoms with Gasteiger partial charge in [0.15, 0.2) is 0 Å². The molecule has 4 nitrogen and oxygen atoms in total. The van der Waals surface area contributed by atoms with E-state index in [1.165, 1.54) is 6.07 Å². The van der Waals surface area contributed by atoms with Crippen molar-refractivity contribution in [2.45, 2.75) is 12.8 Å². The van der Waals surface area contributed by atoms with Crippen molar-refractivity contribution in [1.29, 1.82) is 0 Å². The molecule has 1 aliphatic heterocycles. The number of aliphatic hydroxyl groups is 1. The van der Waals surface area contributed by atoms with Gasteiger partial charge >= 0.3 is 5.97 Å². The van der Waals surface area contributed by atoms with Crippen molar-refractivity contribution < 1.29 is 15.0 Å². The van der Waals surface area contributed by atoms with Crippen LogP contribution in [-0.2, 0) is 0 Å². The van der Waals surface area contributed by atoms with Crippen LogP contribution >= 0.6 is 11.6 Å². The molecule has 0 radical (unpaired) electrons. The molecule has 2 N–H and O–H groups in total. The summed E-state index contributed by atoms with van der Waals surface area (Å²) in [4.78, 5) is 13.3. The maximum atomic E-state index is 11.2. The molecule has 0 saturated carbocycles. The molecular weight excluding hydrogens is 254 g/mol. The van der Waals surface area contributed by atoms with Gasteiger partial charge in [-0.1, -0.05) is 11.6 Å². The van der Waals surface area contributed by atoms with E-state index in [0.29, 0.717) is 16.6 Å². The molecule has 0 aliphatic carbocycles. The molecule has 1 fully saturated rings. The number of carbonyl (C=O) groups is 1. The highest BCUT2D eigenvalue weighted by Gasteiger charge is 2.25. The van der Waals surface area contributed by atoms with Crippen LogP contribution in [0, 0.1) is 5.92 Å². The van der Waals surface area contributed by atoms with Crippen molar-refractivity contribution in [2.24, 2.45) is 5.92 Å². The number of benzene rings is 1. The Morgan fingerprint density at radius 3 is 2.94 bits per heavy atom. The molecule has 1 aromatic carbocycles. The van der Waals surface area contributed by atoms with Gasteiger partial charge in [-0.25, -0.2) is 4.79 Å². The van der Waals surface area contributed by atoms with Crippen molar-refractivity contribution in [1.82, 2.24) is 0 Å². The maximum absolute atomic E-state index is 11.2. The Balaban J connectivity index is 2.21. The number of aliphatic hydroxyl groups excluding tert-OH is 1. The van der Waals surface area contributed by atoms with Gasteiger partial charge in [-0.05, 0) is 37.0 Å². The Hall–Kier alpha value is -1.26. The lowest BCUT2D eigenvalue weighted by atomic mass is 10.1. The second kappa shape index (κ2) is 5.59. The summed E-state index contributed by atoms with van der Waals surface area (Å²) < 4.78 is 0. The topological polar surface area (TPSA) is 60.8 Å². The highest BCUT2D eigenvalue weighted by molar-refractivity contribution is 6.31. The summed E-state index contributed by atoms with van der Waals surface area (Å²) in [7, 11) is 0. The van der Waals surface area contributed by atoms with Gasteiger partial charge in [-0.3, -0.25) is 0 Å². The Labute approximate surface area is 111 Å². The number of rotatable bonds is 4. The SMILES string of the molecule is O=C(O)c1cc(Cl)ccc1N1CCC(CCO)C1. The first kappa shape index (κ1) is 13.2. The van der Waals surface area contributed by atoms with Crippen LogP contribution in [0.1, 0.15) is 23.2 Å². The minimum atomic E-state index is -0.960. The van der Waals surface area contributed by atoms with Crippen LogP contribution in [-0.4, -0.2) is 35.9 Å². The Morgan fingerprint density at radius 2 is 2.28 bits per heavy atom. The van der Waals surface area contributed by atoms with Crippen LogP contribution in [0.25, 0.3) is 0 Å². The van der Waals surface area contributed by atoms with Crippen molar-refractivity contribution in [3.63, 3.8) is 0 Å². The van der Waals surface area contributed by atoms with E-state index in [2.05, 4.69) is 4.90 Å². The molecule has 98 valence electrons. The molecule has 0 amide bonds. The zero-order valence-corrected chi connectivity index (χ0v) is 10.7. The van der Waals surface area contributed by atoms with Gasteiger partial charge in [0.05, 0.1) is 11.3 Å². The van der Waals surface area contributed by atoms with E-state index in [4.69, 9.17) is 16.7 Å². The monoisotopic (exact) mass is 269 g/mol. The number of nitrogens with zero attached hydrogens (tertiary/aromatic N) is 1. The number of aromatic carboxylic acids is 1. The summed E-state index contributed by atoms with van der Waals surface area (Å²) in [6.45, 7) is 1.81. The van der Waals surface area contributed by atoms with E-state index in [1.807, 2.05) is 0 Å². The lowest BCUT2D eigenvalue weighted by Crippen LogP contribution is -2.22. The molecule has 5 heteroatoms. The van der Waals surface area contributed by atoms with E-state index >= 15 is 0 Å². The Bertz CT molecular complexity index is 450. The molecule has 18 heavy (non-hydrogen) atoms. The fourth-order valence-electron chi connectivity index (χ4n) is 2.42. The second-order valence-corrected chi connectivity index (χ2v) is 5.02. The molecule has 0 spiro atoms. The van der Waals surface area contributed by atoms with Crippen molar-refractivity contribution in [3.05, 3.63) is 28.8 Å². The summed E-state index contributed by atoms with van der Waals surface area (Å²) in [6.07, 6.45) is 1.76. The molecule has 1 aromatic rings. The van der Waals surface area contributed by atoms with E-state index in [1.54, 1.807) is 12.1 Å². The highest BCUT2D eigenvalue weighted by atomic mass is 35.5. The van der Waals surface area contributed by atoms with Gasteiger partial charge in [0.2, 0.25) is 0 Å². The first-order chi connectivity index (χ1) is 8.61. The third kappa shape index (κ3) is 2.76. The summed E-state index contributed by atoms with van der Waals surface area (Å²) in [6, 6.07) is 4.95. The highest BCUT2D eigenvalue weighted by Crippen LogP contribution is 2.30. The number of anilines is 1. The summed E-state index contributed by atoms with van der Waals surface area (Å²) in [5, 5.41) is 18.6. The van der Waals surface area contributed by atoms with E-state index in [9.17, 15) is 9.90 Å². The van der Waals surface area contributed by atoms with Gasteiger partial charge in [0.25, 0.3) is 0 Å². The van der Waals surface area contributed by atoms with Crippen LogP contribution in [0.3, 0.4) is 0 Å². The Morgan fingerprint density at radius 1 is 1.50 bits per heavy atom. The lowest BCUT2D eigenvalue weighted by Gasteiger charge is -2.20. The molecule has 1 saturated heterocycles. The van der Waals surface area contributed by atoms with Crippen LogP contribution in [0.5, 0.6) is 0 Å². The Kier molecular flexibility index (Phi) is 4.09. The lowest BCUT2D eigenvalue weighted by molar-refractivity contribution is 0.0697. The van der Waals surface area contributed by atoms with Gasteiger partial charge in [0.1, 0.15) is 0 Å². The maximum Gasteiger partial charge on any atom is 0.337 e. The molecule has 0 aromatic heterocycles. The number of carboxylic acids is 1. The molecule has 2 rings (SSSR count). The third-order valence-electron chi connectivity index (χ3n) is 3.35. The molecule has 1 heterocycles. The number of carboxylic acid groups (broad SMARTS) is 1. The number of hydrogen-bond donors (Lipinski definition) is 2. The average molecular weight is 270 g/mol. The van der Waals surface area contributed by atoms with Gasteiger partial charge in [0, 0.05) is 24.7 Å². The van der Waals surface area contributed by atoms with Gasteiger partial charge in [-0.2, -0.15) is 0 Å². The first-order valence-electron chi connectivity index (χ1n) is 6.00. The van der Waals surface area contributed by atoms with Gasteiger partial charge < -0.3 is 15.1 Å². The summed E-state index contributed by atoms with van der Waals surface area (Å²) in [5.74, 6) is -0.523. The minimum absolute atomic E-state index is 0.185. The van der Waals surface area contributed by atoms with Crippen LogP contribution in [0.4, 0.5) is 5.69 Å². The van der Waals surface area contributed by atoms with Crippen molar-refractivity contribution in [3.8, 4) is 0 Å². The van der Waals surface area contributed by atoms with E-state index in [0.717, 1.165) is 25.9 Å². The summed E-state index contributed by atoms with van der Waals surface area (Å²) in [5.41, 5.74) is 0.958. The summed E-state index contributed by atoms with van der Waals surface area (Å²) >= 11 is 5.83. The van der Waals surface area contributed by atoms with Crippen LogP contribution in [0.2, 0.25) is 5.02 Å².